The van der Waals surface area contributed by atoms with Crippen molar-refractivity contribution in [2.45, 2.75) is 51.0 Å². The van der Waals surface area contributed by atoms with Gasteiger partial charge in [-0.25, -0.2) is 0 Å². The zero-order valence-electron chi connectivity index (χ0n) is 9.32. The van der Waals surface area contributed by atoms with Gasteiger partial charge in [-0.15, -0.1) is 0 Å². The van der Waals surface area contributed by atoms with Crippen LogP contribution in [0.1, 0.15) is 44.9 Å². The number of rotatable bonds is 4. The average molecular weight is 211 g/mol. The highest BCUT2D eigenvalue weighted by Crippen LogP contribution is 2.28. The van der Waals surface area contributed by atoms with Crippen LogP contribution >= 0.6 is 0 Å². The number of nitrogens with zero attached hydrogens (tertiary/aromatic N) is 1. The summed E-state index contributed by atoms with van der Waals surface area (Å²) < 4.78 is 0. The van der Waals surface area contributed by atoms with Crippen LogP contribution in [0.25, 0.3) is 0 Å². The van der Waals surface area contributed by atoms with E-state index in [9.17, 15) is 4.79 Å². The summed E-state index contributed by atoms with van der Waals surface area (Å²) in [5, 5.41) is 9.03. The highest BCUT2D eigenvalue weighted by atomic mass is 16.4. The molecule has 86 valence electrons. The summed E-state index contributed by atoms with van der Waals surface area (Å²) in [7, 11) is 0. The monoisotopic (exact) mass is 211 g/mol. The molecule has 0 bridgehead atoms. The Morgan fingerprint density at radius 3 is 2.60 bits per heavy atom. The molecule has 0 unspecified atom stereocenters. The molecule has 3 nitrogen and oxygen atoms in total. The molecule has 1 atom stereocenters. The first-order chi connectivity index (χ1) is 7.27. The van der Waals surface area contributed by atoms with Crippen LogP contribution < -0.4 is 0 Å². The summed E-state index contributed by atoms with van der Waals surface area (Å²) in [5.41, 5.74) is 0. The van der Waals surface area contributed by atoms with Gasteiger partial charge in [-0.05, 0) is 38.3 Å². The molecule has 1 saturated heterocycles. The Balaban J connectivity index is 1.75. The first kappa shape index (κ1) is 10.9. The van der Waals surface area contributed by atoms with Gasteiger partial charge in [0.05, 0.1) is 0 Å². The van der Waals surface area contributed by atoms with E-state index in [0.29, 0.717) is 0 Å². The first-order valence-corrected chi connectivity index (χ1v) is 6.24. The molecule has 2 rings (SSSR count). The van der Waals surface area contributed by atoms with Crippen molar-refractivity contribution < 1.29 is 9.90 Å². The lowest BCUT2D eigenvalue weighted by Crippen LogP contribution is -2.37. The Labute approximate surface area is 91.5 Å². The molecule has 3 heteroatoms. The fourth-order valence-electron chi connectivity index (χ4n) is 3.02. The molecule has 1 aliphatic carbocycles. The van der Waals surface area contributed by atoms with Crippen LogP contribution in [0.4, 0.5) is 0 Å². The van der Waals surface area contributed by atoms with Crippen molar-refractivity contribution in [1.82, 2.24) is 4.90 Å². The third-order valence-corrected chi connectivity index (χ3v) is 3.95. The maximum Gasteiger partial charge on any atom is 0.320 e. The number of aliphatic carboxylic acids is 1. The maximum atomic E-state index is 11.0. The van der Waals surface area contributed by atoms with Gasteiger partial charge in [0, 0.05) is 0 Å². The predicted octanol–water partition coefficient (Wildman–Crippen LogP) is 2.12. The van der Waals surface area contributed by atoms with Crippen molar-refractivity contribution in [3.8, 4) is 0 Å². The maximum absolute atomic E-state index is 11.0. The van der Waals surface area contributed by atoms with Crippen LogP contribution in [-0.2, 0) is 4.79 Å². The highest BCUT2D eigenvalue weighted by Gasteiger charge is 2.30. The zero-order chi connectivity index (χ0) is 10.7. The fraction of sp³-hybridized carbons (Fsp3) is 0.917. The molecule has 15 heavy (non-hydrogen) atoms. The first-order valence-electron chi connectivity index (χ1n) is 6.24. The van der Waals surface area contributed by atoms with Crippen LogP contribution in [-0.4, -0.2) is 35.1 Å². The van der Waals surface area contributed by atoms with Gasteiger partial charge in [-0.1, -0.05) is 25.7 Å². The van der Waals surface area contributed by atoms with Gasteiger partial charge in [0.2, 0.25) is 0 Å². The van der Waals surface area contributed by atoms with Gasteiger partial charge in [-0.2, -0.15) is 0 Å². The minimum atomic E-state index is -0.626. The fourth-order valence-corrected chi connectivity index (χ4v) is 3.02. The van der Waals surface area contributed by atoms with E-state index in [4.69, 9.17) is 5.11 Å². The van der Waals surface area contributed by atoms with Gasteiger partial charge < -0.3 is 5.11 Å². The van der Waals surface area contributed by atoms with Crippen LogP contribution in [0, 0.1) is 5.92 Å². The largest absolute Gasteiger partial charge is 0.480 e. The van der Waals surface area contributed by atoms with E-state index in [0.717, 1.165) is 31.8 Å². The minimum Gasteiger partial charge on any atom is -0.480 e. The molecule has 0 aromatic rings. The summed E-state index contributed by atoms with van der Waals surface area (Å²) in [6.07, 6.45) is 8.61. The Hall–Kier alpha value is -0.570. The third-order valence-electron chi connectivity index (χ3n) is 3.95. The number of likely N-dealkylation sites (tertiary alicyclic amines) is 1. The van der Waals surface area contributed by atoms with E-state index >= 15 is 0 Å². The minimum absolute atomic E-state index is 0.189. The molecule has 1 N–H and O–H groups in total. The average Bonchev–Trinajstić information content (AvgIpc) is 2.86. The van der Waals surface area contributed by atoms with E-state index in [1.807, 2.05) is 0 Å². The topological polar surface area (TPSA) is 40.5 Å². The quantitative estimate of drug-likeness (QED) is 0.774. The van der Waals surface area contributed by atoms with Crippen LogP contribution in [0.5, 0.6) is 0 Å². The Morgan fingerprint density at radius 1 is 1.20 bits per heavy atom. The lowest BCUT2D eigenvalue weighted by atomic mass is 10.0. The lowest BCUT2D eigenvalue weighted by molar-refractivity contribution is -0.142. The molecule has 0 aromatic carbocycles. The van der Waals surface area contributed by atoms with Crippen molar-refractivity contribution in [3.05, 3.63) is 0 Å². The molecule has 2 aliphatic rings. The predicted molar refractivity (Wildman–Crippen MR) is 58.8 cm³/mol. The molecule has 0 spiro atoms. The van der Waals surface area contributed by atoms with Crippen molar-refractivity contribution in [3.63, 3.8) is 0 Å². The van der Waals surface area contributed by atoms with Crippen molar-refractivity contribution in [2.75, 3.05) is 13.1 Å². The Kier molecular flexibility index (Phi) is 3.62. The van der Waals surface area contributed by atoms with Gasteiger partial charge in [0.25, 0.3) is 0 Å². The van der Waals surface area contributed by atoms with Crippen molar-refractivity contribution in [2.24, 2.45) is 5.92 Å². The molecule has 1 saturated carbocycles. The van der Waals surface area contributed by atoms with Crippen LogP contribution in [0.3, 0.4) is 0 Å². The van der Waals surface area contributed by atoms with Gasteiger partial charge in [0.1, 0.15) is 6.04 Å². The second kappa shape index (κ2) is 4.97. The van der Waals surface area contributed by atoms with E-state index < -0.39 is 5.97 Å². The molecule has 1 heterocycles. The molecular weight excluding hydrogens is 190 g/mol. The molecule has 2 fully saturated rings. The number of hydrogen-bond acceptors (Lipinski definition) is 2. The normalized spacial score (nSPS) is 28.7. The summed E-state index contributed by atoms with van der Waals surface area (Å²) in [5.74, 6) is 0.249. The summed E-state index contributed by atoms with van der Waals surface area (Å²) in [6.45, 7) is 1.99. The second-order valence-corrected chi connectivity index (χ2v) is 4.97. The lowest BCUT2D eigenvalue weighted by Gasteiger charge is -2.22. The van der Waals surface area contributed by atoms with Crippen molar-refractivity contribution in [1.29, 1.82) is 0 Å². The summed E-state index contributed by atoms with van der Waals surface area (Å²) >= 11 is 0. The molecule has 0 aromatic heterocycles. The SMILES string of the molecule is O=C(O)[C@H]1CCCN1CCC1CCCC1. The number of hydrogen-bond donors (Lipinski definition) is 1. The van der Waals surface area contributed by atoms with E-state index in [1.165, 1.54) is 32.1 Å². The number of carboxylic acids is 1. The molecule has 1 aliphatic heterocycles. The zero-order valence-corrected chi connectivity index (χ0v) is 9.32. The Bertz CT molecular complexity index is 224. The standard InChI is InChI=1S/C12H21NO2/c14-12(15)11-6-3-8-13(11)9-7-10-4-1-2-5-10/h10-11H,1-9H2,(H,14,15)/t11-/m1/s1. The summed E-state index contributed by atoms with van der Waals surface area (Å²) in [4.78, 5) is 13.1. The second-order valence-electron chi connectivity index (χ2n) is 4.97. The molecule has 0 radical (unpaired) electrons. The van der Waals surface area contributed by atoms with E-state index in [-0.39, 0.29) is 6.04 Å². The Morgan fingerprint density at radius 2 is 1.93 bits per heavy atom. The summed E-state index contributed by atoms with van der Waals surface area (Å²) in [6, 6.07) is -0.189. The van der Waals surface area contributed by atoms with Gasteiger partial charge in [-0.3, -0.25) is 9.69 Å². The van der Waals surface area contributed by atoms with E-state index in [1.54, 1.807) is 0 Å². The van der Waals surface area contributed by atoms with Crippen molar-refractivity contribution >= 4 is 5.97 Å². The third kappa shape index (κ3) is 2.71. The van der Waals surface area contributed by atoms with Gasteiger partial charge >= 0.3 is 5.97 Å². The van der Waals surface area contributed by atoms with E-state index in [2.05, 4.69) is 4.90 Å². The highest BCUT2D eigenvalue weighted by molar-refractivity contribution is 5.73. The van der Waals surface area contributed by atoms with Crippen LogP contribution in [0.15, 0.2) is 0 Å². The molecule has 0 amide bonds. The molecular formula is C12H21NO2. The number of carbonyl (C=O) groups is 1. The van der Waals surface area contributed by atoms with Gasteiger partial charge in [0.15, 0.2) is 0 Å². The number of carboxylic acid groups (broad SMARTS) is 1. The smallest absolute Gasteiger partial charge is 0.320 e. The van der Waals surface area contributed by atoms with Crippen LogP contribution in [0.2, 0.25) is 0 Å².